The van der Waals surface area contributed by atoms with Crippen LogP contribution in [0.1, 0.15) is 81.8 Å². The molecule has 0 spiro atoms. The topological polar surface area (TPSA) is 12.5 Å². The van der Waals surface area contributed by atoms with Gasteiger partial charge in [-0.25, -0.2) is 0 Å². The summed E-state index contributed by atoms with van der Waals surface area (Å²) in [6.07, 6.45) is 1.11. The van der Waals surface area contributed by atoms with Crippen molar-refractivity contribution in [1.29, 1.82) is 0 Å². The lowest BCUT2D eigenvalue weighted by atomic mass is 9.67. The normalized spacial score (nSPS) is 15.3. The van der Waals surface area contributed by atoms with Crippen molar-refractivity contribution < 1.29 is 4.74 Å². The Kier molecular flexibility index (Phi) is 10.5. The van der Waals surface area contributed by atoms with Crippen LogP contribution in [-0.2, 0) is 10.8 Å². The minimum Gasteiger partial charge on any atom is -0.457 e. The maximum atomic E-state index is 6.52. The van der Waals surface area contributed by atoms with Gasteiger partial charge in [-0.15, -0.1) is 0 Å². The number of benzene rings is 10. The third kappa shape index (κ3) is 6.77. The fourth-order valence-electron chi connectivity index (χ4n) is 11.6. The third-order valence-corrected chi connectivity index (χ3v) is 15.1. The first-order valence-electron chi connectivity index (χ1n) is 24.4. The largest absolute Gasteiger partial charge is 0.457 e. The average molecular weight is 888 g/mol. The van der Waals surface area contributed by atoms with E-state index >= 15 is 0 Å². The van der Waals surface area contributed by atoms with Gasteiger partial charge in [-0.2, -0.15) is 0 Å². The van der Waals surface area contributed by atoms with E-state index in [1.165, 1.54) is 77.9 Å². The second kappa shape index (κ2) is 17.1. The number of hydrogen-bond donors (Lipinski definition) is 0. The molecule has 10 aromatic carbocycles. The molecule has 69 heavy (non-hydrogen) atoms. The lowest BCUT2D eigenvalue weighted by molar-refractivity contribution is 0.481. The predicted octanol–water partition coefficient (Wildman–Crippen LogP) is 17.5. The molecule has 332 valence electrons. The maximum absolute atomic E-state index is 6.52. The van der Waals surface area contributed by atoms with Crippen molar-refractivity contribution in [3.8, 4) is 33.8 Å². The monoisotopic (exact) mass is 887 g/mol. The first-order valence-corrected chi connectivity index (χ1v) is 24.4. The highest BCUT2D eigenvalue weighted by Gasteiger charge is 2.48. The summed E-state index contributed by atoms with van der Waals surface area (Å²) in [6.45, 7) is 6.68. The van der Waals surface area contributed by atoms with Crippen LogP contribution >= 0.6 is 0 Å². The van der Waals surface area contributed by atoms with Crippen LogP contribution in [0.5, 0.6) is 11.5 Å². The third-order valence-electron chi connectivity index (χ3n) is 15.1. The van der Waals surface area contributed by atoms with E-state index < -0.39 is 10.8 Å². The Morgan fingerprint density at radius 1 is 0.377 bits per heavy atom. The lowest BCUT2D eigenvalue weighted by Crippen LogP contribution is -2.29. The van der Waals surface area contributed by atoms with E-state index in [1.54, 1.807) is 0 Å². The second-order valence-corrected chi connectivity index (χ2v) is 18.8. The molecule has 2 unspecified atom stereocenters. The van der Waals surface area contributed by atoms with E-state index in [4.69, 9.17) is 4.74 Å². The summed E-state index contributed by atoms with van der Waals surface area (Å²) in [6, 6.07) is 91.9. The van der Waals surface area contributed by atoms with Crippen LogP contribution in [0.4, 0.5) is 17.1 Å². The van der Waals surface area contributed by atoms with E-state index in [0.717, 1.165) is 35.0 Å². The van der Waals surface area contributed by atoms with Crippen molar-refractivity contribution in [2.75, 3.05) is 4.90 Å². The molecule has 0 fully saturated rings. The summed E-state index contributed by atoms with van der Waals surface area (Å²) < 4.78 is 6.52. The van der Waals surface area contributed by atoms with Crippen LogP contribution in [0.3, 0.4) is 0 Å². The maximum Gasteiger partial charge on any atom is 0.127 e. The summed E-state index contributed by atoms with van der Waals surface area (Å²) >= 11 is 0. The van der Waals surface area contributed by atoms with E-state index in [-0.39, 0.29) is 0 Å². The number of nitrogens with zero attached hydrogens (tertiary/aromatic N) is 1. The van der Waals surface area contributed by atoms with Gasteiger partial charge in [0.15, 0.2) is 0 Å². The number of para-hydroxylation sites is 1. The zero-order chi connectivity index (χ0) is 46.5. The molecule has 0 aromatic heterocycles. The molecule has 0 heterocycles. The molecule has 10 aromatic rings. The van der Waals surface area contributed by atoms with Crippen LogP contribution < -0.4 is 9.64 Å². The summed E-state index contributed by atoms with van der Waals surface area (Å²) in [7, 11) is 0. The smallest absolute Gasteiger partial charge is 0.127 e. The van der Waals surface area contributed by atoms with Gasteiger partial charge in [0.2, 0.25) is 0 Å². The van der Waals surface area contributed by atoms with Crippen molar-refractivity contribution in [3.63, 3.8) is 0 Å². The SMILES string of the molecule is CCC(C)c1ccc(Oc2ccc(C3(c4ccc(C)cc4)c4ccccc4-c4ccc(N(c5ccccc5)c5ccc6c(c5)C(c5ccccc5)(c5ccccc5)c5ccccc5-6)cc43)cc2)cc1. The van der Waals surface area contributed by atoms with Gasteiger partial charge in [0.05, 0.1) is 10.8 Å². The summed E-state index contributed by atoms with van der Waals surface area (Å²) in [4.78, 5) is 2.46. The molecule has 12 rings (SSSR count). The number of anilines is 3. The van der Waals surface area contributed by atoms with Crippen LogP contribution in [0.15, 0.2) is 249 Å². The molecule has 0 bridgehead atoms. The van der Waals surface area contributed by atoms with Crippen LogP contribution in [0, 0.1) is 6.92 Å². The summed E-state index contributed by atoms with van der Waals surface area (Å²) in [5.41, 5.74) is 19.7. The molecule has 0 saturated carbocycles. The van der Waals surface area contributed by atoms with E-state index in [0.29, 0.717) is 5.92 Å². The van der Waals surface area contributed by atoms with Crippen molar-refractivity contribution in [2.24, 2.45) is 0 Å². The summed E-state index contributed by atoms with van der Waals surface area (Å²) in [5.74, 6) is 2.16. The van der Waals surface area contributed by atoms with E-state index in [9.17, 15) is 0 Å². The van der Waals surface area contributed by atoms with Gasteiger partial charge < -0.3 is 9.64 Å². The van der Waals surface area contributed by atoms with Crippen LogP contribution in [-0.4, -0.2) is 0 Å². The van der Waals surface area contributed by atoms with E-state index in [1.807, 2.05) is 0 Å². The Bertz CT molecular complexity index is 3410. The van der Waals surface area contributed by atoms with Gasteiger partial charge in [-0.1, -0.05) is 207 Å². The molecular formula is C67H53NO. The molecule has 0 amide bonds. The van der Waals surface area contributed by atoms with E-state index in [2.05, 4.69) is 274 Å². The van der Waals surface area contributed by atoms with Crippen molar-refractivity contribution in [3.05, 3.63) is 304 Å². The Balaban J connectivity index is 1.05. The van der Waals surface area contributed by atoms with Gasteiger partial charge in [-0.3, -0.25) is 0 Å². The Morgan fingerprint density at radius 2 is 0.768 bits per heavy atom. The molecule has 2 atom stereocenters. The quantitative estimate of drug-likeness (QED) is 0.128. The molecule has 2 nitrogen and oxygen atoms in total. The minimum atomic E-state index is -0.621. The van der Waals surface area contributed by atoms with Gasteiger partial charge in [-0.05, 0) is 152 Å². The first kappa shape index (κ1) is 42.2. The highest BCUT2D eigenvalue weighted by atomic mass is 16.5. The number of ether oxygens (including phenoxy) is 1. The summed E-state index contributed by atoms with van der Waals surface area (Å²) in [5, 5.41) is 0. The molecule has 0 aliphatic heterocycles. The lowest BCUT2D eigenvalue weighted by Gasteiger charge is -2.36. The van der Waals surface area contributed by atoms with Gasteiger partial charge >= 0.3 is 0 Å². The molecule has 0 N–H and O–H groups in total. The molecule has 2 heteroatoms. The highest BCUT2D eigenvalue weighted by molar-refractivity contribution is 5.92. The molecule has 0 radical (unpaired) electrons. The molecule has 2 aliphatic rings. The first-order chi connectivity index (χ1) is 34.0. The minimum absolute atomic E-state index is 0.513. The van der Waals surface area contributed by atoms with Crippen LogP contribution in [0.25, 0.3) is 22.3 Å². The molecular weight excluding hydrogens is 835 g/mol. The number of fused-ring (bicyclic) bond motifs is 6. The Hall–Kier alpha value is -8.20. The molecule has 0 saturated heterocycles. The molecule has 2 aliphatic carbocycles. The van der Waals surface area contributed by atoms with Gasteiger partial charge in [0, 0.05) is 17.1 Å². The van der Waals surface area contributed by atoms with Crippen molar-refractivity contribution >= 4 is 17.1 Å². The Morgan fingerprint density at radius 3 is 1.25 bits per heavy atom. The van der Waals surface area contributed by atoms with Gasteiger partial charge in [0.1, 0.15) is 11.5 Å². The fraction of sp³-hybridized carbons (Fsp3) is 0.104. The Labute approximate surface area is 406 Å². The number of hydrogen-bond acceptors (Lipinski definition) is 2. The number of rotatable bonds is 11. The number of aryl methyl sites for hydroxylation is 1. The highest BCUT2D eigenvalue weighted by Crippen LogP contribution is 2.59. The van der Waals surface area contributed by atoms with Crippen molar-refractivity contribution in [2.45, 2.75) is 43.9 Å². The average Bonchev–Trinajstić information content (AvgIpc) is 3.88. The van der Waals surface area contributed by atoms with Crippen molar-refractivity contribution in [1.82, 2.24) is 0 Å². The fourth-order valence-corrected chi connectivity index (χ4v) is 11.6. The zero-order valence-corrected chi connectivity index (χ0v) is 39.3. The predicted molar refractivity (Wildman–Crippen MR) is 286 cm³/mol. The standard InChI is InChI=1S/C67H53NO/c1-4-47(3)48-30-38-56(39-31-48)69-57-40-34-52(35-41-57)67(51-32-28-46(2)29-33-51)63-27-17-15-25-59(63)61-43-37-55(45-65(61)67)68(53-22-12-7-13-23-53)54-36-42-60-58-24-14-16-26-62(58)66(64(60)44-54,49-18-8-5-9-19-49)50-20-10-6-11-21-50/h5-45,47H,4H2,1-3H3. The zero-order valence-electron chi connectivity index (χ0n) is 39.3. The van der Waals surface area contributed by atoms with Gasteiger partial charge in [0.25, 0.3) is 0 Å². The second-order valence-electron chi connectivity index (χ2n) is 18.8. The van der Waals surface area contributed by atoms with Crippen LogP contribution in [0.2, 0.25) is 0 Å².